The lowest BCUT2D eigenvalue weighted by molar-refractivity contribution is 0.436. The summed E-state index contributed by atoms with van der Waals surface area (Å²) in [5.74, 6) is 0.389. The Morgan fingerprint density at radius 3 is 2.65 bits per heavy atom. The van der Waals surface area contributed by atoms with E-state index in [2.05, 4.69) is 21.1 Å². The number of anilines is 1. The molecule has 2 N–H and O–H groups in total. The molecule has 5 heteroatoms. The molecule has 0 fully saturated rings. The van der Waals surface area contributed by atoms with Crippen molar-refractivity contribution in [2.24, 2.45) is 0 Å². The highest BCUT2D eigenvalue weighted by Crippen LogP contribution is 2.39. The van der Waals surface area contributed by atoms with Crippen LogP contribution in [0.3, 0.4) is 0 Å². The molecule has 3 aromatic rings. The van der Waals surface area contributed by atoms with E-state index < -0.39 is 0 Å². The van der Waals surface area contributed by atoms with Crippen molar-refractivity contribution in [3.05, 3.63) is 58.8 Å². The first-order valence-electron chi connectivity index (χ1n) is 5.93. The Hall–Kier alpha value is -2.14. The van der Waals surface area contributed by atoms with Gasteiger partial charge in [0.25, 0.3) is 0 Å². The van der Waals surface area contributed by atoms with Crippen LogP contribution in [0, 0.1) is 5.82 Å². The molecular formula is C15H10BrFN2O. The van der Waals surface area contributed by atoms with Gasteiger partial charge in [0.05, 0.1) is 5.56 Å². The Kier molecular flexibility index (Phi) is 3.28. The molecule has 3 nitrogen and oxygen atoms in total. The topological polar surface area (TPSA) is 52.0 Å². The number of nitrogens with two attached hydrogens (primary N) is 1. The van der Waals surface area contributed by atoms with E-state index in [9.17, 15) is 4.39 Å². The fraction of sp³-hybridized carbons (Fsp3) is 0. The average Bonchev–Trinajstić information content (AvgIpc) is 2.81. The van der Waals surface area contributed by atoms with Gasteiger partial charge in [0.1, 0.15) is 5.82 Å². The van der Waals surface area contributed by atoms with E-state index in [4.69, 9.17) is 10.3 Å². The van der Waals surface area contributed by atoms with Gasteiger partial charge in [-0.05, 0) is 18.2 Å². The highest BCUT2D eigenvalue weighted by atomic mass is 79.9. The molecule has 1 heterocycles. The predicted octanol–water partition coefficient (Wildman–Crippen LogP) is 4.49. The van der Waals surface area contributed by atoms with Crippen LogP contribution >= 0.6 is 15.9 Å². The van der Waals surface area contributed by atoms with Gasteiger partial charge in [-0.3, -0.25) is 0 Å². The number of nitrogens with zero attached hydrogens (tertiary/aromatic N) is 1. The fourth-order valence-electron chi connectivity index (χ4n) is 2.05. The molecule has 0 unspecified atom stereocenters. The molecular weight excluding hydrogens is 323 g/mol. The Morgan fingerprint density at radius 1 is 1.10 bits per heavy atom. The van der Waals surface area contributed by atoms with Crippen molar-refractivity contribution in [3.63, 3.8) is 0 Å². The number of halogens is 2. The lowest BCUT2D eigenvalue weighted by Crippen LogP contribution is -1.90. The van der Waals surface area contributed by atoms with Crippen LogP contribution in [-0.2, 0) is 0 Å². The minimum Gasteiger partial charge on any atom is -0.380 e. The summed E-state index contributed by atoms with van der Waals surface area (Å²) in [5, 5.41) is 3.80. The van der Waals surface area contributed by atoms with Crippen LogP contribution in [0.25, 0.3) is 22.5 Å². The molecule has 100 valence electrons. The smallest absolute Gasteiger partial charge is 0.177 e. The highest BCUT2D eigenvalue weighted by molar-refractivity contribution is 9.10. The molecule has 0 aliphatic heterocycles. The van der Waals surface area contributed by atoms with E-state index in [0.717, 1.165) is 10.0 Å². The number of benzene rings is 2. The third-order valence-electron chi connectivity index (χ3n) is 2.95. The van der Waals surface area contributed by atoms with Gasteiger partial charge in [0.15, 0.2) is 11.6 Å². The molecule has 1 aromatic heterocycles. The third kappa shape index (κ3) is 2.20. The minimum atomic E-state index is -0.337. The SMILES string of the molecule is Nc1noc(-c2cccc(F)c2)c1-c1ccccc1Br. The zero-order chi connectivity index (χ0) is 14.1. The zero-order valence-electron chi connectivity index (χ0n) is 10.3. The Morgan fingerprint density at radius 2 is 1.90 bits per heavy atom. The van der Waals surface area contributed by atoms with Crippen molar-refractivity contribution in [1.82, 2.24) is 5.16 Å². The van der Waals surface area contributed by atoms with Crippen molar-refractivity contribution in [2.45, 2.75) is 0 Å². The number of rotatable bonds is 2. The summed E-state index contributed by atoms with van der Waals surface area (Å²) in [4.78, 5) is 0. The van der Waals surface area contributed by atoms with Crippen LogP contribution in [0.5, 0.6) is 0 Å². The summed E-state index contributed by atoms with van der Waals surface area (Å²) in [6, 6.07) is 13.7. The molecule has 0 bridgehead atoms. The molecule has 0 amide bonds. The van der Waals surface area contributed by atoms with Crippen LogP contribution < -0.4 is 5.73 Å². The molecule has 0 saturated carbocycles. The second-order valence-electron chi connectivity index (χ2n) is 4.26. The van der Waals surface area contributed by atoms with Gasteiger partial charge in [0.2, 0.25) is 0 Å². The number of nitrogen functional groups attached to an aromatic ring is 1. The normalized spacial score (nSPS) is 10.7. The maximum Gasteiger partial charge on any atom is 0.177 e. The first-order chi connectivity index (χ1) is 9.66. The number of hydrogen-bond donors (Lipinski definition) is 1. The van der Waals surface area contributed by atoms with E-state index in [0.29, 0.717) is 16.9 Å². The van der Waals surface area contributed by atoms with E-state index in [1.54, 1.807) is 12.1 Å². The van der Waals surface area contributed by atoms with E-state index >= 15 is 0 Å². The molecule has 3 rings (SSSR count). The number of hydrogen-bond acceptors (Lipinski definition) is 3. The predicted molar refractivity (Wildman–Crippen MR) is 79.4 cm³/mol. The van der Waals surface area contributed by atoms with E-state index in [1.165, 1.54) is 12.1 Å². The first-order valence-corrected chi connectivity index (χ1v) is 6.72. The summed E-state index contributed by atoms with van der Waals surface area (Å²) in [6.45, 7) is 0. The van der Waals surface area contributed by atoms with Crippen molar-refractivity contribution in [1.29, 1.82) is 0 Å². The molecule has 0 saturated heterocycles. The lowest BCUT2D eigenvalue weighted by Gasteiger charge is -2.05. The van der Waals surface area contributed by atoms with E-state index in [1.807, 2.05) is 24.3 Å². The van der Waals surface area contributed by atoms with Crippen LogP contribution in [-0.4, -0.2) is 5.16 Å². The van der Waals surface area contributed by atoms with Gasteiger partial charge < -0.3 is 10.3 Å². The molecule has 0 radical (unpaired) electrons. The standard InChI is InChI=1S/C15H10BrFN2O/c16-12-7-2-1-6-11(12)13-14(20-19-15(13)18)9-4-3-5-10(17)8-9/h1-8H,(H2,18,19). The zero-order valence-corrected chi connectivity index (χ0v) is 11.9. The maximum atomic E-state index is 13.4. The largest absolute Gasteiger partial charge is 0.380 e. The van der Waals surface area contributed by atoms with Crippen LogP contribution in [0.15, 0.2) is 57.5 Å². The molecule has 2 aromatic carbocycles. The van der Waals surface area contributed by atoms with Gasteiger partial charge >= 0.3 is 0 Å². The molecule has 0 atom stereocenters. The van der Waals surface area contributed by atoms with Crippen LogP contribution in [0.1, 0.15) is 0 Å². The third-order valence-corrected chi connectivity index (χ3v) is 3.64. The van der Waals surface area contributed by atoms with Gasteiger partial charge in [-0.15, -0.1) is 0 Å². The Labute approximate surface area is 123 Å². The molecule has 20 heavy (non-hydrogen) atoms. The highest BCUT2D eigenvalue weighted by Gasteiger charge is 2.19. The van der Waals surface area contributed by atoms with Gasteiger partial charge in [-0.25, -0.2) is 4.39 Å². The summed E-state index contributed by atoms with van der Waals surface area (Å²) >= 11 is 3.47. The monoisotopic (exact) mass is 332 g/mol. The number of aromatic nitrogens is 1. The molecule has 0 aliphatic carbocycles. The van der Waals surface area contributed by atoms with Crippen molar-refractivity contribution in [3.8, 4) is 22.5 Å². The van der Waals surface area contributed by atoms with E-state index in [-0.39, 0.29) is 11.6 Å². The quantitative estimate of drug-likeness (QED) is 0.752. The van der Waals surface area contributed by atoms with Gasteiger partial charge in [-0.1, -0.05) is 51.4 Å². The summed E-state index contributed by atoms with van der Waals surface area (Å²) in [7, 11) is 0. The molecule has 0 spiro atoms. The summed E-state index contributed by atoms with van der Waals surface area (Å²) in [6.07, 6.45) is 0. The van der Waals surface area contributed by atoms with Gasteiger partial charge in [0, 0.05) is 15.6 Å². The minimum absolute atomic E-state index is 0.274. The fourth-order valence-corrected chi connectivity index (χ4v) is 2.54. The second kappa shape index (κ2) is 5.09. The molecule has 0 aliphatic rings. The Bertz CT molecular complexity index is 770. The average molecular weight is 333 g/mol. The Balaban J connectivity index is 2.23. The van der Waals surface area contributed by atoms with Crippen LogP contribution in [0.2, 0.25) is 0 Å². The van der Waals surface area contributed by atoms with Crippen molar-refractivity contribution >= 4 is 21.7 Å². The van der Waals surface area contributed by atoms with Crippen molar-refractivity contribution in [2.75, 3.05) is 5.73 Å². The first kappa shape index (κ1) is 12.9. The van der Waals surface area contributed by atoms with Crippen LogP contribution in [0.4, 0.5) is 10.2 Å². The second-order valence-corrected chi connectivity index (χ2v) is 5.12. The van der Waals surface area contributed by atoms with Crippen molar-refractivity contribution < 1.29 is 8.91 Å². The lowest BCUT2D eigenvalue weighted by atomic mass is 10.0. The summed E-state index contributed by atoms with van der Waals surface area (Å²) in [5.41, 5.74) is 8.00. The maximum absolute atomic E-state index is 13.4. The van der Waals surface area contributed by atoms with Gasteiger partial charge in [-0.2, -0.15) is 0 Å². The summed E-state index contributed by atoms with van der Waals surface area (Å²) < 4.78 is 19.5.